The Morgan fingerprint density at radius 2 is 1.62 bits per heavy atom. The molecule has 1 aliphatic rings. The molecular weight excluding hydrogens is 568 g/mol. The molecule has 8 heteroatoms. The maximum atomic E-state index is 14.1. The van der Waals surface area contributed by atoms with E-state index in [9.17, 15) is 24.9 Å². The summed E-state index contributed by atoms with van der Waals surface area (Å²) in [4.78, 5) is 31.2. The molecule has 0 aliphatic carbocycles. The van der Waals surface area contributed by atoms with Crippen LogP contribution >= 0.6 is 0 Å². The van der Waals surface area contributed by atoms with Gasteiger partial charge >= 0.3 is 0 Å². The third kappa shape index (κ3) is 4.19. The van der Waals surface area contributed by atoms with Crippen LogP contribution < -0.4 is 15.6 Å². The Hall–Kier alpha value is -5.24. The molecule has 2 aromatic heterocycles. The number of fused-ring (bicyclic) bond motifs is 6. The first-order chi connectivity index (χ1) is 21.4. The summed E-state index contributed by atoms with van der Waals surface area (Å²) in [5, 5.41) is 36.6. The summed E-state index contributed by atoms with van der Waals surface area (Å²) in [6.07, 6.45) is 2.60. The molecule has 3 heterocycles. The van der Waals surface area contributed by atoms with E-state index < -0.39 is 11.5 Å². The van der Waals surface area contributed by atoms with Gasteiger partial charge in [0.25, 0.3) is 0 Å². The topological polar surface area (TPSA) is 125 Å². The van der Waals surface area contributed by atoms with Crippen molar-refractivity contribution in [2.24, 2.45) is 7.05 Å². The molecule has 45 heavy (non-hydrogen) atoms. The Morgan fingerprint density at radius 3 is 2.36 bits per heavy atom. The molecule has 6 aromatic rings. The number of allylic oxidation sites excluding steroid dienone is 2. The van der Waals surface area contributed by atoms with Crippen LogP contribution in [0.1, 0.15) is 56.7 Å². The summed E-state index contributed by atoms with van der Waals surface area (Å²) in [5.74, 6) is -1.06. The average Bonchev–Trinajstić information content (AvgIpc) is 2.98. The molecule has 8 nitrogen and oxygen atoms in total. The standard InChI is InChI=1S/C37H34N2O6/c1-18(2)14-15-21-32-30(34(42)20-11-7-9-13-24(20)39(32)5)36(44)28(35(21)43)22-17-37(3,4)45-26-16-25(40)29-31(27(22)26)38-23-12-8-6-10-19(23)33(29)41/h6-14,16,22,40,43-44H,15,17H2,1-5H3,(H,38,41). The van der Waals surface area contributed by atoms with Crippen LogP contribution in [0.3, 0.4) is 0 Å². The second-order valence-electron chi connectivity index (χ2n) is 12.9. The normalized spacial score (nSPS) is 15.8. The lowest BCUT2D eigenvalue weighted by molar-refractivity contribution is 0.0772. The van der Waals surface area contributed by atoms with Crippen LogP contribution in [0.4, 0.5) is 0 Å². The number of benzene rings is 4. The van der Waals surface area contributed by atoms with Gasteiger partial charge in [-0.3, -0.25) is 9.59 Å². The van der Waals surface area contributed by atoms with E-state index in [0.717, 1.165) is 5.57 Å². The van der Waals surface area contributed by atoms with Gasteiger partial charge in [-0.1, -0.05) is 35.9 Å². The molecule has 0 saturated heterocycles. The Morgan fingerprint density at radius 1 is 0.956 bits per heavy atom. The molecule has 7 rings (SSSR count). The zero-order valence-corrected chi connectivity index (χ0v) is 25.8. The van der Waals surface area contributed by atoms with Crippen molar-refractivity contribution in [1.82, 2.24) is 9.55 Å². The van der Waals surface area contributed by atoms with Gasteiger partial charge in [0.05, 0.1) is 27.3 Å². The van der Waals surface area contributed by atoms with Gasteiger partial charge in [0.2, 0.25) is 10.9 Å². The smallest absolute Gasteiger partial charge is 0.200 e. The highest BCUT2D eigenvalue weighted by atomic mass is 16.5. The summed E-state index contributed by atoms with van der Waals surface area (Å²) in [6, 6.07) is 15.7. The molecule has 0 bridgehead atoms. The van der Waals surface area contributed by atoms with Crippen LogP contribution in [-0.4, -0.2) is 30.5 Å². The summed E-state index contributed by atoms with van der Waals surface area (Å²) in [6.45, 7) is 7.70. The lowest BCUT2D eigenvalue weighted by Crippen LogP contribution is -2.35. The highest BCUT2D eigenvalue weighted by molar-refractivity contribution is 6.02. The number of phenols is 3. The second kappa shape index (κ2) is 9.89. The fraction of sp³-hybridized carbons (Fsp3) is 0.243. The molecule has 0 spiro atoms. The van der Waals surface area contributed by atoms with Crippen molar-refractivity contribution >= 4 is 43.6 Å². The Bertz CT molecular complexity index is 2390. The van der Waals surface area contributed by atoms with Crippen LogP contribution in [0.15, 0.2) is 75.8 Å². The third-order valence-corrected chi connectivity index (χ3v) is 9.09. The van der Waals surface area contributed by atoms with E-state index in [-0.39, 0.29) is 44.4 Å². The van der Waals surface area contributed by atoms with E-state index in [1.807, 2.05) is 63.6 Å². The van der Waals surface area contributed by atoms with Crippen LogP contribution in [-0.2, 0) is 13.5 Å². The van der Waals surface area contributed by atoms with E-state index in [2.05, 4.69) is 4.98 Å². The molecule has 0 radical (unpaired) electrons. The minimum atomic E-state index is -0.794. The van der Waals surface area contributed by atoms with E-state index in [4.69, 9.17) is 4.74 Å². The minimum absolute atomic E-state index is 0.0900. The number of para-hydroxylation sites is 2. The van der Waals surface area contributed by atoms with Gasteiger partial charge in [0.1, 0.15) is 28.6 Å². The number of H-pyrrole nitrogens is 1. The van der Waals surface area contributed by atoms with Gasteiger partial charge in [-0.05, 0) is 64.8 Å². The zero-order valence-electron chi connectivity index (χ0n) is 25.8. The SMILES string of the molecule is CC(C)=CCc1c(O)c(C2CC(C)(C)Oc3cc(O)c4c(=O)c5ccccc5[nH]c4c32)c(O)c2c(=O)c3ccccc3n(C)c12. The number of rotatable bonds is 3. The van der Waals surface area contributed by atoms with Crippen molar-refractivity contribution in [2.75, 3.05) is 0 Å². The zero-order chi connectivity index (χ0) is 31.9. The van der Waals surface area contributed by atoms with Crippen molar-refractivity contribution in [1.29, 1.82) is 0 Å². The highest BCUT2D eigenvalue weighted by Crippen LogP contribution is 2.54. The number of nitrogens with zero attached hydrogens (tertiary/aromatic N) is 1. The van der Waals surface area contributed by atoms with E-state index in [1.165, 1.54) is 6.07 Å². The Labute approximate surface area is 258 Å². The number of hydrogen-bond acceptors (Lipinski definition) is 6. The summed E-state index contributed by atoms with van der Waals surface area (Å²) < 4.78 is 8.22. The number of aromatic nitrogens is 2. The molecule has 0 fully saturated rings. The molecule has 4 aromatic carbocycles. The summed E-state index contributed by atoms with van der Waals surface area (Å²) in [7, 11) is 1.83. The number of aromatic hydroxyl groups is 3. The lowest BCUT2D eigenvalue weighted by Gasteiger charge is -2.39. The molecule has 1 atom stereocenters. The molecule has 0 amide bonds. The van der Waals surface area contributed by atoms with Crippen molar-refractivity contribution in [2.45, 2.75) is 52.1 Å². The molecule has 228 valence electrons. The van der Waals surface area contributed by atoms with Crippen molar-refractivity contribution < 1.29 is 20.1 Å². The summed E-state index contributed by atoms with van der Waals surface area (Å²) >= 11 is 0. The first-order valence-electron chi connectivity index (χ1n) is 15.0. The largest absolute Gasteiger partial charge is 0.507 e. The quantitative estimate of drug-likeness (QED) is 0.128. The average molecular weight is 603 g/mol. The van der Waals surface area contributed by atoms with E-state index in [1.54, 1.807) is 30.3 Å². The number of aromatic amines is 1. The van der Waals surface area contributed by atoms with Crippen molar-refractivity contribution in [3.05, 3.63) is 103 Å². The van der Waals surface area contributed by atoms with E-state index in [0.29, 0.717) is 62.6 Å². The van der Waals surface area contributed by atoms with Crippen LogP contribution in [0.25, 0.3) is 43.6 Å². The molecule has 1 aliphatic heterocycles. The molecule has 1 unspecified atom stereocenters. The minimum Gasteiger partial charge on any atom is -0.507 e. The first-order valence-corrected chi connectivity index (χ1v) is 15.0. The molecular formula is C37H34N2O6. The second-order valence-corrected chi connectivity index (χ2v) is 12.9. The molecule has 0 saturated carbocycles. The number of hydrogen-bond donors (Lipinski definition) is 4. The highest BCUT2D eigenvalue weighted by Gasteiger charge is 2.41. The lowest BCUT2D eigenvalue weighted by atomic mass is 9.77. The van der Waals surface area contributed by atoms with Crippen LogP contribution in [0, 0.1) is 0 Å². The van der Waals surface area contributed by atoms with Gasteiger partial charge in [0.15, 0.2) is 0 Å². The predicted molar refractivity (Wildman–Crippen MR) is 178 cm³/mol. The number of aryl methyl sites for hydroxylation is 1. The Balaban J connectivity index is 1.66. The fourth-order valence-electron chi connectivity index (χ4n) is 7.10. The predicted octanol–water partition coefficient (Wildman–Crippen LogP) is 7.00. The monoisotopic (exact) mass is 602 g/mol. The maximum absolute atomic E-state index is 14.1. The third-order valence-electron chi connectivity index (χ3n) is 9.09. The number of nitrogens with one attached hydrogen (secondary N) is 1. The van der Waals surface area contributed by atoms with Gasteiger partial charge in [-0.25, -0.2) is 0 Å². The van der Waals surface area contributed by atoms with Gasteiger partial charge < -0.3 is 29.6 Å². The van der Waals surface area contributed by atoms with Gasteiger partial charge in [0, 0.05) is 52.0 Å². The number of ether oxygens (including phenoxy) is 1. The first kappa shape index (κ1) is 28.5. The van der Waals surface area contributed by atoms with Gasteiger partial charge in [-0.15, -0.1) is 0 Å². The Kier molecular flexibility index (Phi) is 6.27. The van der Waals surface area contributed by atoms with Crippen LogP contribution in [0.2, 0.25) is 0 Å². The maximum Gasteiger partial charge on any atom is 0.200 e. The van der Waals surface area contributed by atoms with E-state index >= 15 is 0 Å². The van der Waals surface area contributed by atoms with Crippen molar-refractivity contribution in [3.8, 4) is 23.0 Å². The number of pyridine rings is 2. The van der Waals surface area contributed by atoms with Crippen LogP contribution in [0.5, 0.6) is 23.0 Å². The van der Waals surface area contributed by atoms with Gasteiger partial charge in [-0.2, -0.15) is 0 Å². The fourth-order valence-corrected chi connectivity index (χ4v) is 7.10. The number of phenolic OH excluding ortho intramolecular Hbond substituents is 3. The van der Waals surface area contributed by atoms with Crippen molar-refractivity contribution in [3.63, 3.8) is 0 Å². The molecule has 4 N–H and O–H groups in total. The summed E-state index contributed by atoms with van der Waals surface area (Å²) in [5.41, 5.74) is 2.83.